The van der Waals surface area contributed by atoms with Crippen LogP contribution in [0.2, 0.25) is 0 Å². The topological polar surface area (TPSA) is 75.6 Å². The molecule has 0 spiro atoms. The van der Waals surface area contributed by atoms with Gasteiger partial charge in [0.25, 0.3) is 5.91 Å². The predicted molar refractivity (Wildman–Crippen MR) is 76.3 cm³/mol. The molecule has 1 rings (SSSR count). The van der Waals surface area contributed by atoms with Crippen LogP contribution in [0.3, 0.4) is 0 Å². The Balaban J connectivity index is 2.79. The number of carboxylic acid groups (broad SMARTS) is 1. The Morgan fingerprint density at radius 1 is 1.30 bits per heavy atom. The van der Waals surface area contributed by atoms with Gasteiger partial charge in [-0.15, -0.1) is 0 Å². The highest BCUT2D eigenvalue weighted by molar-refractivity contribution is 5.96. The first-order valence-electron chi connectivity index (χ1n) is 6.92. The van der Waals surface area contributed by atoms with Crippen molar-refractivity contribution in [3.05, 3.63) is 29.8 Å². The van der Waals surface area contributed by atoms with Gasteiger partial charge >= 0.3 is 12.1 Å². The number of benzene rings is 1. The number of carbonyl (C=O) groups is 2. The van der Waals surface area contributed by atoms with Gasteiger partial charge in [0.15, 0.2) is 0 Å². The van der Waals surface area contributed by atoms with Gasteiger partial charge in [-0.25, -0.2) is 4.79 Å². The number of rotatable bonds is 7. The van der Waals surface area contributed by atoms with Gasteiger partial charge < -0.3 is 15.2 Å². The molecule has 0 saturated carbocycles. The Labute approximate surface area is 131 Å². The summed E-state index contributed by atoms with van der Waals surface area (Å²) >= 11 is 0. The summed E-state index contributed by atoms with van der Waals surface area (Å²) in [5, 5.41) is 10.7. The largest absolute Gasteiger partial charge is 0.493 e. The quantitative estimate of drug-likeness (QED) is 0.804. The second-order valence-corrected chi connectivity index (χ2v) is 5.42. The zero-order valence-corrected chi connectivity index (χ0v) is 12.7. The fourth-order valence-corrected chi connectivity index (χ4v) is 1.66. The molecule has 0 aliphatic carbocycles. The van der Waals surface area contributed by atoms with Gasteiger partial charge in [-0.2, -0.15) is 13.2 Å². The molecule has 0 fully saturated rings. The number of hydrogen-bond acceptors (Lipinski definition) is 3. The molecule has 0 aliphatic heterocycles. The molecule has 0 saturated heterocycles. The number of amides is 1. The lowest BCUT2D eigenvalue weighted by Gasteiger charge is -2.16. The molecule has 0 bridgehead atoms. The van der Waals surface area contributed by atoms with Crippen molar-refractivity contribution in [3.8, 4) is 5.75 Å². The fraction of sp³-hybridized carbons (Fsp3) is 0.467. The molecule has 0 heterocycles. The van der Waals surface area contributed by atoms with E-state index in [2.05, 4.69) is 0 Å². The summed E-state index contributed by atoms with van der Waals surface area (Å²) in [4.78, 5) is 22.8. The zero-order valence-electron chi connectivity index (χ0n) is 12.7. The van der Waals surface area contributed by atoms with Crippen LogP contribution in [0.25, 0.3) is 0 Å². The van der Waals surface area contributed by atoms with E-state index < -0.39 is 30.5 Å². The maximum atomic E-state index is 12.3. The number of ether oxygens (including phenoxy) is 1. The minimum Gasteiger partial charge on any atom is -0.493 e. The SMILES string of the molecule is CC(C)COc1cccc(C(=O)NC(CC(F)(F)F)C(=O)O)c1. The van der Waals surface area contributed by atoms with E-state index in [1.54, 1.807) is 6.07 Å². The lowest BCUT2D eigenvalue weighted by atomic mass is 10.1. The molecule has 8 heteroatoms. The third kappa shape index (κ3) is 7.03. The third-order valence-electron chi connectivity index (χ3n) is 2.72. The molecule has 23 heavy (non-hydrogen) atoms. The summed E-state index contributed by atoms with van der Waals surface area (Å²) < 4.78 is 42.4. The van der Waals surface area contributed by atoms with Crippen LogP contribution < -0.4 is 10.1 Å². The number of carbonyl (C=O) groups excluding carboxylic acids is 1. The van der Waals surface area contributed by atoms with Gasteiger partial charge in [0, 0.05) is 5.56 Å². The highest BCUT2D eigenvalue weighted by atomic mass is 19.4. The highest BCUT2D eigenvalue weighted by Gasteiger charge is 2.36. The standard InChI is InChI=1S/C15H18F3NO4/c1-9(2)8-23-11-5-3-4-10(6-11)13(20)19-12(14(21)22)7-15(16,17)18/h3-6,9,12H,7-8H2,1-2H3,(H,19,20)(H,21,22). The van der Waals surface area contributed by atoms with Crippen molar-refractivity contribution in [1.29, 1.82) is 0 Å². The van der Waals surface area contributed by atoms with E-state index in [0.717, 1.165) is 0 Å². The number of hydrogen-bond donors (Lipinski definition) is 2. The van der Waals surface area contributed by atoms with E-state index in [0.29, 0.717) is 12.4 Å². The van der Waals surface area contributed by atoms with Crippen molar-refractivity contribution >= 4 is 11.9 Å². The van der Waals surface area contributed by atoms with Crippen LogP contribution in [-0.2, 0) is 4.79 Å². The average Bonchev–Trinajstić information content (AvgIpc) is 2.43. The van der Waals surface area contributed by atoms with E-state index in [1.165, 1.54) is 18.2 Å². The van der Waals surface area contributed by atoms with E-state index in [-0.39, 0.29) is 11.5 Å². The Kier molecular flexibility index (Phi) is 6.41. The van der Waals surface area contributed by atoms with Crippen LogP contribution in [-0.4, -0.2) is 35.8 Å². The lowest BCUT2D eigenvalue weighted by molar-refractivity contribution is -0.157. The monoisotopic (exact) mass is 333 g/mol. The van der Waals surface area contributed by atoms with Crippen molar-refractivity contribution in [2.24, 2.45) is 5.92 Å². The van der Waals surface area contributed by atoms with Crippen LogP contribution >= 0.6 is 0 Å². The van der Waals surface area contributed by atoms with Crippen molar-refractivity contribution in [2.75, 3.05) is 6.61 Å². The fourth-order valence-electron chi connectivity index (χ4n) is 1.66. The normalized spacial score (nSPS) is 12.8. The first-order chi connectivity index (χ1) is 10.6. The van der Waals surface area contributed by atoms with Gasteiger partial charge in [0.05, 0.1) is 13.0 Å². The molecule has 0 aliphatic rings. The van der Waals surface area contributed by atoms with E-state index in [4.69, 9.17) is 9.84 Å². The lowest BCUT2D eigenvalue weighted by Crippen LogP contribution is -2.43. The van der Waals surface area contributed by atoms with Crippen LogP contribution in [0.4, 0.5) is 13.2 Å². The molecule has 5 nitrogen and oxygen atoms in total. The highest BCUT2D eigenvalue weighted by Crippen LogP contribution is 2.22. The maximum absolute atomic E-state index is 12.3. The Morgan fingerprint density at radius 2 is 1.96 bits per heavy atom. The average molecular weight is 333 g/mol. The molecule has 1 atom stereocenters. The predicted octanol–water partition coefficient (Wildman–Crippen LogP) is 2.86. The molecule has 0 aromatic heterocycles. The van der Waals surface area contributed by atoms with Crippen LogP contribution in [0.5, 0.6) is 5.75 Å². The molecule has 128 valence electrons. The zero-order chi connectivity index (χ0) is 17.6. The molecule has 1 aromatic carbocycles. The van der Waals surface area contributed by atoms with Gasteiger partial charge in [0.2, 0.25) is 0 Å². The van der Waals surface area contributed by atoms with E-state index in [9.17, 15) is 22.8 Å². The van der Waals surface area contributed by atoms with Crippen molar-refractivity contribution < 1.29 is 32.6 Å². The molecule has 1 unspecified atom stereocenters. The van der Waals surface area contributed by atoms with Gasteiger partial charge in [-0.1, -0.05) is 19.9 Å². The Hall–Kier alpha value is -2.25. The molecular weight excluding hydrogens is 315 g/mol. The molecule has 0 radical (unpaired) electrons. The van der Waals surface area contributed by atoms with Gasteiger partial charge in [-0.05, 0) is 24.1 Å². The summed E-state index contributed by atoms with van der Waals surface area (Å²) in [6, 6.07) is 3.78. The van der Waals surface area contributed by atoms with Crippen LogP contribution in [0.15, 0.2) is 24.3 Å². The van der Waals surface area contributed by atoms with Crippen molar-refractivity contribution in [3.63, 3.8) is 0 Å². The molecular formula is C15H18F3NO4. The minimum atomic E-state index is -4.70. The number of halogens is 3. The summed E-state index contributed by atoms with van der Waals surface area (Å²) in [6.45, 7) is 4.28. The second kappa shape index (κ2) is 7.85. The summed E-state index contributed by atoms with van der Waals surface area (Å²) in [6.07, 6.45) is -6.34. The number of aliphatic carboxylic acids is 1. The number of carboxylic acids is 1. The first kappa shape index (κ1) is 18.8. The van der Waals surface area contributed by atoms with Crippen LogP contribution in [0, 0.1) is 5.92 Å². The van der Waals surface area contributed by atoms with Gasteiger partial charge in [0.1, 0.15) is 11.8 Å². The first-order valence-corrected chi connectivity index (χ1v) is 6.92. The smallest absolute Gasteiger partial charge is 0.391 e. The Bertz CT molecular complexity index is 558. The summed E-state index contributed by atoms with van der Waals surface area (Å²) in [7, 11) is 0. The summed E-state index contributed by atoms with van der Waals surface area (Å²) in [5.41, 5.74) is 0.0275. The Morgan fingerprint density at radius 3 is 2.48 bits per heavy atom. The minimum absolute atomic E-state index is 0.0275. The maximum Gasteiger partial charge on any atom is 0.391 e. The third-order valence-corrected chi connectivity index (χ3v) is 2.72. The molecule has 2 N–H and O–H groups in total. The molecule has 1 amide bonds. The molecule has 1 aromatic rings. The number of alkyl halides is 3. The van der Waals surface area contributed by atoms with Crippen molar-refractivity contribution in [1.82, 2.24) is 5.32 Å². The summed E-state index contributed by atoms with van der Waals surface area (Å²) in [5.74, 6) is -2.01. The number of nitrogens with one attached hydrogen (secondary N) is 1. The van der Waals surface area contributed by atoms with Gasteiger partial charge in [-0.3, -0.25) is 4.79 Å². The van der Waals surface area contributed by atoms with Crippen molar-refractivity contribution in [2.45, 2.75) is 32.5 Å². The van der Waals surface area contributed by atoms with E-state index >= 15 is 0 Å². The second-order valence-electron chi connectivity index (χ2n) is 5.42. The van der Waals surface area contributed by atoms with Crippen LogP contribution in [0.1, 0.15) is 30.6 Å². The van der Waals surface area contributed by atoms with E-state index in [1.807, 2.05) is 19.2 Å².